The van der Waals surface area contributed by atoms with Crippen LogP contribution in [0.25, 0.3) is 0 Å². The van der Waals surface area contributed by atoms with Crippen molar-refractivity contribution < 1.29 is 14.3 Å². The maximum Gasteiger partial charge on any atom is 0.248 e. The van der Waals surface area contributed by atoms with Gasteiger partial charge in [-0.1, -0.05) is 31.5 Å². The lowest BCUT2D eigenvalue weighted by Gasteiger charge is -2.38. The van der Waals surface area contributed by atoms with Gasteiger partial charge >= 0.3 is 0 Å². The number of hydrogen-bond donors (Lipinski definition) is 2. The number of fused-ring (bicyclic) bond motifs is 1. The number of benzene rings is 1. The number of ether oxygens (including phenoxy) is 1. The van der Waals surface area contributed by atoms with Crippen molar-refractivity contribution in [3.05, 3.63) is 35.4 Å². The Kier molecular flexibility index (Phi) is 5.62. The van der Waals surface area contributed by atoms with E-state index < -0.39 is 12.4 Å². The highest BCUT2D eigenvalue weighted by Crippen LogP contribution is 2.17. The van der Waals surface area contributed by atoms with Crippen LogP contribution in [0, 0.1) is 0 Å². The molecule has 2 unspecified atom stereocenters. The number of carbonyl (C=O) groups excluding carboxylic acids is 2. The molecule has 2 heterocycles. The predicted octanol–water partition coefficient (Wildman–Crippen LogP) is 0.669. The minimum atomic E-state index is -0.688. The zero-order chi connectivity index (χ0) is 18.5. The molecule has 2 atom stereocenters. The fraction of sp³-hybridized carbons (Fsp3) is 0.444. The van der Waals surface area contributed by atoms with Crippen LogP contribution >= 0.6 is 0 Å². The summed E-state index contributed by atoms with van der Waals surface area (Å²) < 4.78 is 5.66. The molecule has 1 aromatic rings. The molecule has 2 aliphatic heterocycles. The van der Waals surface area contributed by atoms with Crippen molar-refractivity contribution in [3.63, 3.8) is 0 Å². The number of aliphatic imine (C=N–C) groups is 2. The Morgan fingerprint density at radius 3 is 3.04 bits per heavy atom. The van der Waals surface area contributed by atoms with E-state index in [1.54, 1.807) is 12.1 Å². The maximum atomic E-state index is 12.1. The number of rotatable bonds is 7. The number of unbranched alkanes of at least 4 members (excludes halogenated alkanes) is 1. The third-order valence-corrected chi connectivity index (χ3v) is 4.25. The topological polar surface area (TPSA) is 109 Å². The summed E-state index contributed by atoms with van der Waals surface area (Å²) in [6.45, 7) is 3.23. The SMILES string of the molecule is CCCCOC1N=C(N)C2NC(=O)CN(Cc3cccc(C=O)c3)C2=N1. The molecule has 2 aliphatic rings. The third-order valence-electron chi connectivity index (χ3n) is 4.25. The van der Waals surface area contributed by atoms with Crippen molar-refractivity contribution in [1.82, 2.24) is 10.2 Å². The van der Waals surface area contributed by atoms with Crippen LogP contribution < -0.4 is 11.1 Å². The monoisotopic (exact) mass is 357 g/mol. The molecular weight excluding hydrogens is 334 g/mol. The zero-order valence-corrected chi connectivity index (χ0v) is 14.7. The number of carbonyl (C=O) groups is 2. The fourth-order valence-electron chi connectivity index (χ4n) is 2.94. The summed E-state index contributed by atoms with van der Waals surface area (Å²) in [5.74, 6) is 0.773. The van der Waals surface area contributed by atoms with E-state index in [9.17, 15) is 9.59 Å². The van der Waals surface area contributed by atoms with Gasteiger partial charge in [-0.05, 0) is 18.1 Å². The molecule has 3 rings (SSSR count). The molecule has 0 aromatic heterocycles. The average Bonchev–Trinajstić information content (AvgIpc) is 2.63. The van der Waals surface area contributed by atoms with Crippen molar-refractivity contribution >= 4 is 23.9 Å². The van der Waals surface area contributed by atoms with E-state index in [1.165, 1.54) is 0 Å². The van der Waals surface area contributed by atoms with Crippen LogP contribution in [0.2, 0.25) is 0 Å². The van der Waals surface area contributed by atoms with Gasteiger partial charge in [0, 0.05) is 12.1 Å². The Morgan fingerprint density at radius 2 is 2.27 bits per heavy atom. The molecule has 1 amide bonds. The Balaban J connectivity index is 1.81. The van der Waals surface area contributed by atoms with Gasteiger partial charge in [0.05, 0.1) is 13.2 Å². The second-order valence-electron chi connectivity index (χ2n) is 6.31. The first-order valence-electron chi connectivity index (χ1n) is 8.71. The number of piperazine rings is 1. The van der Waals surface area contributed by atoms with Gasteiger partial charge in [-0.25, -0.2) is 9.98 Å². The molecule has 1 fully saturated rings. The van der Waals surface area contributed by atoms with Crippen LogP contribution in [-0.2, 0) is 16.1 Å². The number of amidine groups is 2. The molecule has 0 spiro atoms. The van der Waals surface area contributed by atoms with Crippen LogP contribution in [-0.4, -0.2) is 54.3 Å². The first kappa shape index (κ1) is 18.1. The van der Waals surface area contributed by atoms with Crippen molar-refractivity contribution in [2.45, 2.75) is 38.7 Å². The molecule has 8 nitrogen and oxygen atoms in total. The molecular formula is C18H23N5O3. The van der Waals surface area contributed by atoms with Crippen LogP contribution in [0.4, 0.5) is 0 Å². The first-order valence-corrected chi connectivity index (χ1v) is 8.71. The minimum absolute atomic E-state index is 0.149. The largest absolute Gasteiger partial charge is 0.385 e. The average molecular weight is 357 g/mol. The molecule has 0 aliphatic carbocycles. The normalized spacial score (nSPS) is 22.2. The van der Waals surface area contributed by atoms with E-state index in [1.807, 2.05) is 17.0 Å². The lowest BCUT2D eigenvalue weighted by molar-refractivity contribution is -0.122. The van der Waals surface area contributed by atoms with E-state index in [4.69, 9.17) is 10.5 Å². The van der Waals surface area contributed by atoms with Crippen LogP contribution in [0.3, 0.4) is 0 Å². The Bertz CT molecular complexity index is 746. The quantitative estimate of drug-likeness (QED) is 0.551. The van der Waals surface area contributed by atoms with Gasteiger partial charge in [0.15, 0.2) is 0 Å². The summed E-state index contributed by atoms with van der Waals surface area (Å²) in [6.07, 6.45) is 2.04. The highest BCUT2D eigenvalue weighted by molar-refractivity contribution is 6.14. The third kappa shape index (κ3) is 4.08. The van der Waals surface area contributed by atoms with Crippen LogP contribution in [0.5, 0.6) is 0 Å². The second-order valence-corrected chi connectivity index (χ2v) is 6.31. The van der Waals surface area contributed by atoms with Crippen molar-refractivity contribution in [2.24, 2.45) is 15.7 Å². The summed E-state index contributed by atoms with van der Waals surface area (Å²) in [4.78, 5) is 33.7. The van der Waals surface area contributed by atoms with E-state index in [2.05, 4.69) is 22.2 Å². The lowest BCUT2D eigenvalue weighted by atomic mass is 10.1. The Hall–Kier alpha value is -2.74. The van der Waals surface area contributed by atoms with E-state index in [0.717, 1.165) is 24.7 Å². The van der Waals surface area contributed by atoms with E-state index >= 15 is 0 Å². The molecule has 0 saturated carbocycles. The van der Waals surface area contributed by atoms with Crippen LogP contribution in [0.1, 0.15) is 35.7 Å². The van der Waals surface area contributed by atoms with Gasteiger partial charge in [-0.2, -0.15) is 0 Å². The van der Waals surface area contributed by atoms with Gasteiger partial charge in [0.1, 0.15) is 24.0 Å². The molecule has 3 N–H and O–H groups in total. The van der Waals surface area contributed by atoms with Crippen molar-refractivity contribution in [2.75, 3.05) is 13.2 Å². The lowest BCUT2D eigenvalue weighted by Crippen LogP contribution is -2.63. The summed E-state index contributed by atoms with van der Waals surface area (Å²) in [6, 6.07) is 6.71. The summed E-state index contributed by atoms with van der Waals surface area (Å²) >= 11 is 0. The summed E-state index contributed by atoms with van der Waals surface area (Å²) in [5.41, 5.74) is 7.55. The highest BCUT2D eigenvalue weighted by Gasteiger charge is 2.36. The molecule has 138 valence electrons. The molecule has 8 heteroatoms. The number of nitrogens with zero attached hydrogens (tertiary/aromatic N) is 3. The molecule has 1 saturated heterocycles. The van der Waals surface area contributed by atoms with Crippen molar-refractivity contribution in [1.29, 1.82) is 0 Å². The van der Waals surface area contributed by atoms with Gasteiger partial charge in [0.2, 0.25) is 12.3 Å². The van der Waals surface area contributed by atoms with Gasteiger partial charge < -0.3 is 20.7 Å². The standard InChI is InChI=1S/C18H23N5O3/c1-2-3-7-26-18-21-16(19)15-17(22-18)23(10-14(25)20-15)9-12-5-4-6-13(8-12)11-24/h4-6,8,11,15,18H,2-3,7,9-10H2,1H3,(H2,19,21)(H,20,25). The summed E-state index contributed by atoms with van der Waals surface area (Å²) in [7, 11) is 0. The van der Waals surface area contributed by atoms with Gasteiger partial charge in [-0.3, -0.25) is 9.59 Å². The van der Waals surface area contributed by atoms with Crippen molar-refractivity contribution in [3.8, 4) is 0 Å². The smallest absolute Gasteiger partial charge is 0.248 e. The molecule has 26 heavy (non-hydrogen) atoms. The zero-order valence-electron chi connectivity index (χ0n) is 14.7. The molecule has 1 aromatic carbocycles. The number of aldehydes is 1. The fourth-order valence-corrected chi connectivity index (χ4v) is 2.94. The van der Waals surface area contributed by atoms with E-state index in [-0.39, 0.29) is 18.3 Å². The van der Waals surface area contributed by atoms with Gasteiger partial charge in [-0.15, -0.1) is 0 Å². The van der Waals surface area contributed by atoms with Gasteiger partial charge in [0.25, 0.3) is 0 Å². The highest BCUT2D eigenvalue weighted by atomic mass is 16.5. The predicted molar refractivity (Wildman–Crippen MR) is 97.9 cm³/mol. The van der Waals surface area contributed by atoms with Crippen LogP contribution in [0.15, 0.2) is 34.3 Å². The Labute approximate surface area is 152 Å². The maximum absolute atomic E-state index is 12.1. The number of nitrogens with one attached hydrogen (secondary N) is 1. The summed E-state index contributed by atoms with van der Waals surface area (Å²) in [5, 5.41) is 2.82. The minimum Gasteiger partial charge on any atom is -0.385 e. The second kappa shape index (κ2) is 8.09. The number of nitrogens with two attached hydrogens (primary N) is 1. The first-order chi connectivity index (χ1) is 12.6. The Morgan fingerprint density at radius 1 is 1.42 bits per heavy atom. The number of hydrogen-bond acceptors (Lipinski definition) is 7. The molecule has 0 radical (unpaired) electrons. The number of amides is 1. The van der Waals surface area contributed by atoms with E-state index in [0.29, 0.717) is 24.6 Å². The molecule has 0 bridgehead atoms.